The minimum atomic E-state index is 0.616. The lowest BCUT2D eigenvalue weighted by molar-refractivity contribution is 0.0835. The number of likely N-dealkylation sites (N-methyl/N-ethyl adjacent to an activating group) is 1. The zero-order chi connectivity index (χ0) is 13.8. The standard InChI is InChI=1S/C15H25N3O/c1-4-18-8-7-17(10-12(18)2)11-13-9-14(19-3)5-6-15(13)16/h5-6,9,12H,4,7-8,10-11,16H2,1-3H3. The summed E-state index contributed by atoms with van der Waals surface area (Å²) < 4.78 is 5.27. The van der Waals surface area contributed by atoms with Gasteiger partial charge in [-0.1, -0.05) is 6.92 Å². The maximum atomic E-state index is 6.06. The molecule has 0 amide bonds. The molecule has 1 aromatic rings. The first-order valence-electron chi connectivity index (χ1n) is 7.02. The average Bonchev–Trinajstić information content (AvgIpc) is 2.41. The van der Waals surface area contributed by atoms with Gasteiger partial charge in [-0.25, -0.2) is 0 Å². The lowest BCUT2D eigenvalue weighted by atomic mass is 10.1. The molecule has 19 heavy (non-hydrogen) atoms. The molecule has 2 N–H and O–H groups in total. The number of hydrogen-bond acceptors (Lipinski definition) is 4. The summed E-state index contributed by atoms with van der Waals surface area (Å²) in [6.07, 6.45) is 0. The maximum absolute atomic E-state index is 6.06. The van der Waals surface area contributed by atoms with Gasteiger partial charge in [0.2, 0.25) is 0 Å². The van der Waals surface area contributed by atoms with Gasteiger partial charge in [-0.15, -0.1) is 0 Å². The van der Waals surface area contributed by atoms with Gasteiger partial charge in [0, 0.05) is 37.9 Å². The minimum absolute atomic E-state index is 0.616. The topological polar surface area (TPSA) is 41.7 Å². The molecule has 0 bridgehead atoms. The van der Waals surface area contributed by atoms with Crippen LogP contribution in [0.25, 0.3) is 0 Å². The van der Waals surface area contributed by atoms with Crippen molar-refractivity contribution in [3.63, 3.8) is 0 Å². The Morgan fingerprint density at radius 2 is 2.16 bits per heavy atom. The summed E-state index contributed by atoms with van der Waals surface area (Å²) in [7, 11) is 1.69. The molecule has 0 aliphatic carbocycles. The lowest BCUT2D eigenvalue weighted by Crippen LogP contribution is -2.51. The third kappa shape index (κ3) is 3.39. The van der Waals surface area contributed by atoms with Gasteiger partial charge >= 0.3 is 0 Å². The van der Waals surface area contributed by atoms with E-state index in [1.807, 2.05) is 18.2 Å². The van der Waals surface area contributed by atoms with Gasteiger partial charge in [0.1, 0.15) is 5.75 Å². The van der Waals surface area contributed by atoms with Gasteiger partial charge in [0.05, 0.1) is 7.11 Å². The fourth-order valence-corrected chi connectivity index (χ4v) is 2.77. The highest BCUT2D eigenvalue weighted by Crippen LogP contribution is 2.22. The number of nitrogen functional groups attached to an aromatic ring is 1. The Labute approximate surface area is 116 Å². The van der Waals surface area contributed by atoms with Gasteiger partial charge in [-0.3, -0.25) is 9.80 Å². The van der Waals surface area contributed by atoms with Crippen LogP contribution in [0.1, 0.15) is 19.4 Å². The van der Waals surface area contributed by atoms with Crippen LogP contribution in [0.3, 0.4) is 0 Å². The van der Waals surface area contributed by atoms with Crippen molar-refractivity contribution < 1.29 is 4.74 Å². The van der Waals surface area contributed by atoms with Crippen molar-refractivity contribution >= 4 is 5.69 Å². The highest BCUT2D eigenvalue weighted by molar-refractivity contribution is 5.50. The van der Waals surface area contributed by atoms with Crippen LogP contribution >= 0.6 is 0 Å². The van der Waals surface area contributed by atoms with E-state index in [9.17, 15) is 0 Å². The van der Waals surface area contributed by atoms with Crippen molar-refractivity contribution in [1.29, 1.82) is 0 Å². The van der Waals surface area contributed by atoms with Gasteiger partial charge in [-0.2, -0.15) is 0 Å². The molecule has 0 aromatic heterocycles. The Hall–Kier alpha value is -1.26. The molecule has 4 nitrogen and oxygen atoms in total. The molecule has 0 spiro atoms. The predicted molar refractivity (Wildman–Crippen MR) is 79.4 cm³/mol. The lowest BCUT2D eigenvalue weighted by Gasteiger charge is -2.39. The summed E-state index contributed by atoms with van der Waals surface area (Å²) >= 11 is 0. The Balaban J connectivity index is 2.02. The van der Waals surface area contributed by atoms with E-state index in [0.717, 1.165) is 49.7 Å². The third-order valence-electron chi connectivity index (χ3n) is 4.00. The van der Waals surface area contributed by atoms with Crippen molar-refractivity contribution in [3.8, 4) is 5.75 Å². The zero-order valence-corrected chi connectivity index (χ0v) is 12.2. The van der Waals surface area contributed by atoms with Crippen LogP contribution in [-0.4, -0.2) is 49.1 Å². The van der Waals surface area contributed by atoms with Gasteiger partial charge in [0.25, 0.3) is 0 Å². The largest absolute Gasteiger partial charge is 0.497 e. The summed E-state index contributed by atoms with van der Waals surface area (Å²) in [6.45, 7) is 9.92. The third-order valence-corrected chi connectivity index (χ3v) is 4.00. The number of piperazine rings is 1. The van der Waals surface area contributed by atoms with E-state index >= 15 is 0 Å². The number of ether oxygens (including phenoxy) is 1. The van der Waals surface area contributed by atoms with Crippen molar-refractivity contribution in [3.05, 3.63) is 23.8 Å². The zero-order valence-electron chi connectivity index (χ0n) is 12.2. The Morgan fingerprint density at radius 1 is 1.37 bits per heavy atom. The van der Waals surface area contributed by atoms with Crippen molar-refractivity contribution in [2.75, 3.05) is 39.0 Å². The van der Waals surface area contributed by atoms with Crippen molar-refractivity contribution in [1.82, 2.24) is 9.80 Å². The monoisotopic (exact) mass is 263 g/mol. The summed E-state index contributed by atoms with van der Waals surface area (Å²) in [4.78, 5) is 4.99. The first kappa shape index (κ1) is 14.2. The number of rotatable bonds is 4. The molecule has 1 aliphatic heterocycles. The molecule has 0 saturated carbocycles. The first-order chi connectivity index (χ1) is 9.13. The Morgan fingerprint density at radius 3 is 2.79 bits per heavy atom. The highest BCUT2D eigenvalue weighted by atomic mass is 16.5. The first-order valence-corrected chi connectivity index (χ1v) is 7.02. The minimum Gasteiger partial charge on any atom is -0.497 e. The molecule has 1 aliphatic rings. The summed E-state index contributed by atoms with van der Waals surface area (Å²) in [5, 5.41) is 0. The van der Waals surface area contributed by atoms with E-state index in [0.29, 0.717) is 6.04 Å². The Kier molecular flexibility index (Phi) is 4.66. The molecular formula is C15H25N3O. The molecule has 1 fully saturated rings. The van der Waals surface area contributed by atoms with Crippen molar-refractivity contribution in [2.45, 2.75) is 26.4 Å². The molecule has 1 heterocycles. The van der Waals surface area contributed by atoms with E-state index < -0.39 is 0 Å². The molecule has 1 aromatic carbocycles. The maximum Gasteiger partial charge on any atom is 0.119 e. The normalized spacial score (nSPS) is 21.5. The predicted octanol–water partition coefficient (Wildman–Crippen LogP) is 1.80. The number of hydrogen-bond donors (Lipinski definition) is 1. The fraction of sp³-hybridized carbons (Fsp3) is 0.600. The summed E-state index contributed by atoms with van der Waals surface area (Å²) in [6, 6.07) is 6.51. The van der Waals surface area contributed by atoms with Crippen LogP contribution in [-0.2, 0) is 6.54 Å². The van der Waals surface area contributed by atoms with Gasteiger partial charge < -0.3 is 10.5 Å². The van der Waals surface area contributed by atoms with Crippen LogP contribution in [0.4, 0.5) is 5.69 Å². The van der Waals surface area contributed by atoms with E-state index in [1.165, 1.54) is 0 Å². The molecular weight excluding hydrogens is 238 g/mol. The number of nitrogens with zero attached hydrogens (tertiary/aromatic N) is 2. The van der Waals surface area contributed by atoms with E-state index in [2.05, 4.69) is 23.6 Å². The van der Waals surface area contributed by atoms with Crippen LogP contribution in [0, 0.1) is 0 Å². The SMILES string of the molecule is CCN1CCN(Cc2cc(OC)ccc2N)CC1C. The highest BCUT2D eigenvalue weighted by Gasteiger charge is 2.22. The molecule has 4 heteroatoms. The Bertz CT molecular complexity index is 422. The summed E-state index contributed by atoms with van der Waals surface area (Å²) in [5.41, 5.74) is 8.07. The van der Waals surface area contributed by atoms with Crippen LogP contribution in [0.5, 0.6) is 5.75 Å². The van der Waals surface area contributed by atoms with E-state index in [4.69, 9.17) is 10.5 Å². The number of benzene rings is 1. The molecule has 106 valence electrons. The van der Waals surface area contributed by atoms with Gasteiger partial charge in [-0.05, 0) is 37.2 Å². The molecule has 0 radical (unpaired) electrons. The average molecular weight is 263 g/mol. The van der Waals surface area contributed by atoms with Crippen LogP contribution in [0.2, 0.25) is 0 Å². The molecule has 1 unspecified atom stereocenters. The second kappa shape index (κ2) is 6.26. The van der Waals surface area contributed by atoms with E-state index in [-0.39, 0.29) is 0 Å². The fourth-order valence-electron chi connectivity index (χ4n) is 2.77. The quantitative estimate of drug-likeness (QED) is 0.841. The second-order valence-corrected chi connectivity index (χ2v) is 5.28. The molecule has 2 rings (SSSR count). The van der Waals surface area contributed by atoms with Crippen LogP contribution in [0.15, 0.2) is 18.2 Å². The number of methoxy groups -OCH3 is 1. The summed E-state index contributed by atoms with van der Waals surface area (Å²) in [5.74, 6) is 0.879. The number of anilines is 1. The molecule has 1 atom stereocenters. The second-order valence-electron chi connectivity index (χ2n) is 5.28. The molecule has 1 saturated heterocycles. The van der Waals surface area contributed by atoms with E-state index in [1.54, 1.807) is 7.11 Å². The smallest absolute Gasteiger partial charge is 0.119 e. The van der Waals surface area contributed by atoms with Crippen LogP contribution < -0.4 is 10.5 Å². The van der Waals surface area contributed by atoms with Crippen molar-refractivity contribution in [2.24, 2.45) is 0 Å². The number of nitrogens with two attached hydrogens (primary N) is 1. The van der Waals surface area contributed by atoms with Gasteiger partial charge in [0.15, 0.2) is 0 Å².